The number of carboxylic acid groups (broad SMARTS) is 1. The Morgan fingerprint density at radius 3 is 2.57 bits per heavy atom. The van der Waals surface area contributed by atoms with Gasteiger partial charge in [-0.05, 0) is 42.7 Å². The number of aromatic carboxylic acids is 1. The van der Waals surface area contributed by atoms with Crippen molar-refractivity contribution in [2.24, 2.45) is 0 Å². The number of rotatable bonds is 9. The molecule has 0 spiro atoms. The third kappa shape index (κ3) is 5.24. The van der Waals surface area contributed by atoms with Crippen LogP contribution in [0.1, 0.15) is 35.3 Å². The number of aryl methyl sites for hydroxylation is 1. The highest BCUT2D eigenvalue weighted by molar-refractivity contribution is 6.04. The van der Waals surface area contributed by atoms with Crippen LogP contribution in [0.3, 0.4) is 0 Å². The van der Waals surface area contributed by atoms with Crippen molar-refractivity contribution in [1.29, 1.82) is 0 Å². The van der Waals surface area contributed by atoms with Crippen LogP contribution >= 0.6 is 0 Å². The van der Waals surface area contributed by atoms with Crippen LogP contribution in [0.4, 0.5) is 11.5 Å². The molecule has 10 heteroatoms. The third-order valence-corrected chi connectivity index (χ3v) is 7.85. The predicted molar refractivity (Wildman–Crippen MR) is 160 cm³/mol. The number of nitro groups is 1. The highest BCUT2D eigenvalue weighted by Gasteiger charge is 2.26. The minimum atomic E-state index is -1.08. The van der Waals surface area contributed by atoms with Crippen LogP contribution in [0.25, 0.3) is 32.8 Å². The number of carboxylic acids is 1. The third-order valence-electron chi connectivity index (χ3n) is 7.85. The Bertz CT molecular complexity index is 1790. The molecule has 0 radical (unpaired) electrons. The van der Waals surface area contributed by atoms with Crippen molar-refractivity contribution in [3.63, 3.8) is 0 Å². The summed E-state index contributed by atoms with van der Waals surface area (Å²) < 4.78 is 6.10. The van der Waals surface area contributed by atoms with Gasteiger partial charge in [-0.1, -0.05) is 54.6 Å². The van der Waals surface area contributed by atoms with Crippen LogP contribution in [0, 0.1) is 10.1 Å². The molecule has 3 aromatic carbocycles. The fraction of sp³-hybridized carbons (Fsp3) is 0.250. The molecule has 3 N–H and O–H groups in total. The Hall–Kier alpha value is -4.96. The molecule has 1 fully saturated rings. The monoisotopic (exact) mass is 566 g/mol. The van der Waals surface area contributed by atoms with Gasteiger partial charge in [0.05, 0.1) is 23.2 Å². The van der Waals surface area contributed by atoms with Crippen LogP contribution in [-0.2, 0) is 6.42 Å². The van der Waals surface area contributed by atoms with Gasteiger partial charge < -0.3 is 24.8 Å². The number of nitrogens with one attached hydrogen (secondary N) is 1. The van der Waals surface area contributed by atoms with Crippen LogP contribution in [-0.4, -0.2) is 56.9 Å². The number of para-hydroxylation sites is 1. The molecular formula is C32H30N4O6. The molecule has 42 heavy (non-hydrogen) atoms. The van der Waals surface area contributed by atoms with Crippen LogP contribution in [0.5, 0.6) is 5.75 Å². The number of aromatic nitrogens is 2. The number of aromatic amines is 1. The maximum atomic E-state index is 12.3. The average molecular weight is 567 g/mol. The van der Waals surface area contributed by atoms with E-state index in [1.165, 1.54) is 12.3 Å². The number of fused-ring (bicyclic) bond motifs is 2. The van der Waals surface area contributed by atoms with Crippen molar-refractivity contribution in [1.82, 2.24) is 9.97 Å². The molecule has 5 aromatic rings. The summed E-state index contributed by atoms with van der Waals surface area (Å²) in [6.07, 6.45) is 3.03. The molecule has 214 valence electrons. The van der Waals surface area contributed by atoms with E-state index >= 15 is 0 Å². The summed E-state index contributed by atoms with van der Waals surface area (Å²) in [4.78, 5) is 33.1. The predicted octanol–water partition coefficient (Wildman–Crippen LogP) is 5.96. The van der Waals surface area contributed by atoms with Crippen molar-refractivity contribution in [2.75, 3.05) is 24.6 Å². The summed E-state index contributed by atoms with van der Waals surface area (Å²) in [5, 5.41) is 34.6. The summed E-state index contributed by atoms with van der Waals surface area (Å²) in [5.41, 5.74) is 2.34. The molecule has 0 saturated carbocycles. The van der Waals surface area contributed by atoms with Gasteiger partial charge >= 0.3 is 5.97 Å². The van der Waals surface area contributed by atoms with Crippen LogP contribution < -0.4 is 9.64 Å². The minimum Gasteiger partial charge on any atom is -0.493 e. The first-order valence-corrected chi connectivity index (χ1v) is 14.0. The largest absolute Gasteiger partial charge is 0.493 e. The van der Waals surface area contributed by atoms with Gasteiger partial charge in [0.15, 0.2) is 0 Å². The smallest absolute Gasteiger partial charge is 0.352 e. The lowest BCUT2D eigenvalue weighted by molar-refractivity contribution is -0.385. The van der Waals surface area contributed by atoms with E-state index in [0.717, 1.165) is 21.9 Å². The van der Waals surface area contributed by atoms with Crippen LogP contribution in [0.15, 0.2) is 72.9 Å². The number of hydrogen-bond donors (Lipinski definition) is 3. The second-order valence-corrected chi connectivity index (χ2v) is 10.5. The SMILES string of the molecule is O=C(O)c1[nH]c2c(-c3cc([N+](=O)[O-])cnc3N3CCC(O)CC3)cccc2c1CCCOc1cccc2ccccc12. The second-order valence-electron chi connectivity index (χ2n) is 10.5. The van der Waals surface area contributed by atoms with Crippen molar-refractivity contribution < 1.29 is 24.7 Å². The first-order chi connectivity index (χ1) is 20.4. The summed E-state index contributed by atoms with van der Waals surface area (Å²) >= 11 is 0. The fourth-order valence-electron chi connectivity index (χ4n) is 5.77. The van der Waals surface area contributed by atoms with Gasteiger partial charge in [-0.25, -0.2) is 9.78 Å². The lowest BCUT2D eigenvalue weighted by atomic mass is 9.98. The molecule has 6 rings (SSSR count). The van der Waals surface area contributed by atoms with Crippen molar-refractivity contribution in [2.45, 2.75) is 31.8 Å². The quantitative estimate of drug-likeness (QED) is 0.113. The molecule has 0 aliphatic carbocycles. The zero-order chi connectivity index (χ0) is 29.2. The number of H-pyrrole nitrogens is 1. The lowest BCUT2D eigenvalue weighted by Gasteiger charge is -2.31. The molecule has 0 atom stereocenters. The van der Waals surface area contributed by atoms with Crippen molar-refractivity contribution in [3.8, 4) is 16.9 Å². The van der Waals surface area contributed by atoms with Gasteiger partial charge in [0, 0.05) is 41.1 Å². The van der Waals surface area contributed by atoms with E-state index in [9.17, 15) is 25.1 Å². The van der Waals surface area contributed by atoms with Gasteiger partial charge in [-0.3, -0.25) is 10.1 Å². The number of piperidine rings is 1. The van der Waals surface area contributed by atoms with Gasteiger partial charge in [0.2, 0.25) is 0 Å². The maximum absolute atomic E-state index is 12.3. The summed E-state index contributed by atoms with van der Waals surface area (Å²) in [7, 11) is 0. The number of aliphatic hydroxyl groups is 1. The van der Waals surface area contributed by atoms with E-state index in [1.807, 2.05) is 65.6 Å². The summed E-state index contributed by atoms with van der Waals surface area (Å²) in [6.45, 7) is 1.52. The molecule has 1 saturated heterocycles. The zero-order valence-electron chi connectivity index (χ0n) is 22.8. The topological polar surface area (TPSA) is 142 Å². The molecule has 10 nitrogen and oxygen atoms in total. The maximum Gasteiger partial charge on any atom is 0.352 e. The van der Waals surface area contributed by atoms with E-state index in [2.05, 4.69) is 9.97 Å². The highest BCUT2D eigenvalue weighted by Crippen LogP contribution is 2.39. The molecule has 3 heterocycles. The lowest BCUT2D eigenvalue weighted by Crippen LogP contribution is -2.36. The van der Waals surface area contributed by atoms with Crippen molar-refractivity contribution in [3.05, 3.63) is 94.3 Å². The first-order valence-electron chi connectivity index (χ1n) is 14.0. The van der Waals surface area contributed by atoms with E-state index in [0.29, 0.717) is 73.4 Å². The first kappa shape index (κ1) is 27.2. The Morgan fingerprint density at radius 2 is 1.79 bits per heavy atom. The highest BCUT2D eigenvalue weighted by atomic mass is 16.6. The van der Waals surface area contributed by atoms with Crippen molar-refractivity contribution >= 4 is 39.1 Å². The summed E-state index contributed by atoms with van der Waals surface area (Å²) in [5.74, 6) is 0.268. The Morgan fingerprint density at radius 1 is 1.05 bits per heavy atom. The number of aliphatic hydroxyl groups excluding tert-OH is 1. The summed E-state index contributed by atoms with van der Waals surface area (Å²) in [6, 6.07) is 20.9. The Kier molecular flexibility index (Phi) is 7.45. The van der Waals surface area contributed by atoms with E-state index in [-0.39, 0.29) is 17.5 Å². The normalized spacial score (nSPS) is 14.0. The van der Waals surface area contributed by atoms with E-state index in [4.69, 9.17) is 4.74 Å². The van der Waals surface area contributed by atoms with E-state index < -0.39 is 10.9 Å². The average Bonchev–Trinajstić information content (AvgIpc) is 3.38. The fourth-order valence-corrected chi connectivity index (χ4v) is 5.77. The van der Waals surface area contributed by atoms with Crippen LogP contribution in [0.2, 0.25) is 0 Å². The molecule has 1 aliphatic heterocycles. The van der Waals surface area contributed by atoms with Gasteiger partial charge in [0.25, 0.3) is 5.69 Å². The molecule has 0 unspecified atom stereocenters. The molecule has 2 aromatic heterocycles. The molecular weight excluding hydrogens is 536 g/mol. The van der Waals surface area contributed by atoms with E-state index in [1.54, 1.807) is 0 Å². The second kappa shape index (κ2) is 11.5. The Balaban J connectivity index is 1.33. The molecule has 0 bridgehead atoms. The molecule has 1 aliphatic rings. The zero-order valence-corrected chi connectivity index (χ0v) is 22.8. The minimum absolute atomic E-state index is 0.0867. The number of hydrogen-bond acceptors (Lipinski definition) is 7. The molecule has 0 amide bonds. The van der Waals surface area contributed by atoms with Gasteiger partial charge in [0.1, 0.15) is 23.5 Å². The number of nitrogens with zero attached hydrogens (tertiary/aromatic N) is 3. The van der Waals surface area contributed by atoms with Gasteiger partial charge in [-0.15, -0.1) is 0 Å². The van der Waals surface area contributed by atoms with Gasteiger partial charge in [-0.2, -0.15) is 0 Å². The number of anilines is 1. The number of pyridine rings is 1. The number of benzene rings is 3. The Labute approximate surface area is 241 Å². The number of carbonyl (C=O) groups is 1. The standard InChI is InChI=1S/C32H30N4O6/c37-22-13-15-35(16-14-22)31-27(18-21(19-33-31)36(40)41)26-10-4-9-24-25(30(32(38)39)34-29(24)26)11-5-17-42-28-12-3-7-20-6-1-2-8-23(20)28/h1-4,6-10,12,18-19,22,34,37H,5,11,13-17H2,(H,38,39). The number of ether oxygens (including phenoxy) is 1.